The highest BCUT2D eigenvalue weighted by atomic mass is 127. The van der Waals surface area contributed by atoms with Crippen molar-refractivity contribution in [3.63, 3.8) is 0 Å². The van der Waals surface area contributed by atoms with Gasteiger partial charge in [-0.2, -0.15) is 0 Å². The molecule has 0 amide bonds. The van der Waals surface area contributed by atoms with Crippen molar-refractivity contribution in [3.05, 3.63) is 16.1 Å². The van der Waals surface area contributed by atoms with Crippen LogP contribution in [-0.2, 0) is 6.42 Å². The Labute approximate surface area is 180 Å². The van der Waals surface area contributed by atoms with Gasteiger partial charge < -0.3 is 15.5 Å². The van der Waals surface area contributed by atoms with E-state index in [1.807, 2.05) is 0 Å². The van der Waals surface area contributed by atoms with Gasteiger partial charge in [0.05, 0.1) is 5.01 Å². The summed E-state index contributed by atoms with van der Waals surface area (Å²) in [5.74, 6) is 0.949. The smallest absolute Gasteiger partial charge is 0.191 e. The number of thiazole rings is 1. The standard InChI is InChI=1S/C19H35N5S.HI/c1-4-20-19(21-11-7-10-18-23-16(2)15-25-18)22-12-8-14-24-13-6-5-9-17(24)3;/h15,17H,4-14H2,1-3H3,(H2,20,21,22);1H. The summed E-state index contributed by atoms with van der Waals surface area (Å²) in [4.78, 5) is 11.8. The second-order valence-electron chi connectivity index (χ2n) is 6.91. The zero-order valence-corrected chi connectivity index (χ0v) is 19.7. The number of halogens is 1. The van der Waals surface area contributed by atoms with Gasteiger partial charge in [0.1, 0.15) is 0 Å². The molecule has 7 heteroatoms. The molecule has 150 valence electrons. The molecule has 0 bridgehead atoms. The first kappa shape index (κ1) is 23.6. The molecule has 1 fully saturated rings. The van der Waals surface area contributed by atoms with Crippen molar-refractivity contribution in [2.75, 3.05) is 32.7 Å². The zero-order chi connectivity index (χ0) is 17.9. The lowest BCUT2D eigenvalue weighted by molar-refractivity contribution is 0.159. The monoisotopic (exact) mass is 493 g/mol. The van der Waals surface area contributed by atoms with E-state index in [4.69, 9.17) is 4.99 Å². The van der Waals surface area contributed by atoms with Crippen LogP contribution in [0.5, 0.6) is 0 Å². The van der Waals surface area contributed by atoms with Gasteiger partial charge in [-0.25, -0.2) is 4.98 Å². The molecule has 1 aromatic rings. The quantitative estimate of drug-likeness (QED) is 0.238. The van der Waals surface area contributed by atoms with E-state index in [1.165, 1.54) is 43.8 Å². The number of aryl methyl sites for hydroxylation is 2. The third-order valence-corrected chi connectivity index (χ3v) is 5.71. The minimum Gasteiger partial charge on any atom is -0.357 e. The number of hydrogen-bond donors (Lipinski definition) is 2. The second kappa shape index (κ2) is 13.7. The molecule has 1 aliphatic heterocycles. The molecule has 0 aliphatic carbocycles. The molecule has 1 aliphatic rings. The Bertz CT molecular complexity index is 520. The van der Waals surface area contributed by atoms with E-state index in [1.54, 1.807) is 11.3 Å². The highest BCUT2D eigenvalue weighted by Gasteiger charge is 2.17. The van der Waals surface area contributed by atoms with Crippen molar-refractivity contribution in [1.82, 2.24) is 20.5 Å². The average molecular weight is 494 g/mol. The highest BCUT2D eigenvalue weighted by Crippen LogP contribution is 2.16. The Morgan fingerprint density at radius 3 is 2.88 bits per heavy atom. The lowest BCUT2D eigenvalue weighted by atomic mass is 10.0. The minimum atomic E-state index is 0. The molecule has 5 nitrogen and oxygen atoms in total. The number of likely N-dealkylation sites (tertiary alicyclic amines) is 1. The Balaban J connectivity index is 0.00000338. The SMILES string of the molecule is CCNC(=NCCCc1nc(C)cs1)NCCCN1CCCCC1C.I. The molecule has 1 atom stereocenters. The molecule has 2 heterocycles. The maximum absolute atomic E-state index is 4.69. The summed E-state index contributed by atoms with van der Waals surface area (Å²) in [6.45, 7) is 11.7. The van der Waals surface area contributed by atoms with Gasteiger partial charge in [-0.15, -0.1) is 35.3 Å². The van der Waals surface area contributed by atoms with Gasteiger partial charge in [-0.05, 0) is 53.0 Å². The van der Waals surface area contributed by atoms with E-state index in [0.717, 1.165) is 50.2 Å². The number of aliphatic imine (C=N–C) groups is 1. The number of guanidine groups is 1. The molecule has 2 N–H and O–H groups in total. The van der Waals surface area contributed by atoms with Crippen molar-refractivity contribution in [1.29, 1.82) is 0 Å². The maximum atomic E-state index is 4.69. The topological polar surface area (TPSA) is 52.6 Å². The molecule has 0 spiro atoms. The van der Waals surface area contributed by atoms with Crippen LogP contribution >= 0.6 is 35.3 Å². The van der Waals surface area contributed by atoms with E-state index in [2.05, 4.69) is 46.7 Å². The Morgan fingerprint density at radius 2 is 2.19 bits per heavy atom. The fourth-order valence-corrected chi connectivity index (χ4v) is 4.08. The van der Waals surface area contributed by atoms with E-state index < -0.39 is 0 Å². The van der Waals surface area contributed by atoms with Crippen molar-refractivity contribution < 1.29 is 0 Å². The van der Waals surface area contributed by atoms with Crippen LogP contribution in [-0.4, -0.2) is 54.6 Å². The van der Waals surface area contributed by atoms with Crippen LogP contribution in [0.3, 0.4) is 0 Å². The van der Waals surface area contributed by atoms with E-state index in [0.29, 0.717) is 0 Å². The third-order valence-electron chi connectivity index (χ3n) is 4.68. The van der Waals surface area contributed by atoms with Crippen molar-refractivity contribution >= 4 is 41.3 Å². The third kappa shape index (κ3) is 8.99. The molecular formula is C19H36IN5S. The van der Waals surface area contributed by atoms with Crippen LogP contribution < -0.4 is 10.6 Å². The number of aromatic nitrogens is 1. The molecule has 1 saturated heterocycles. The van der Waals surface area contributed by atoms with E-state index >= 15 is 0 Å². The van der Waals surface area contributed by atoms with Crippen molar-refractivity contribution in [2.45, 2.75) is 65.3 Å². The first-order chi connectivity index (χ1) is 12.2. The molecule has 0 radical (unpaired) electrons. The summed E-state index contributed by atoms with van der Waals surface area (Å²) in [6.07, 6.45) is 7.36. The largest absolute Gasteiger partial charge is 0.357 e. The molecule has 0 saturated carbocycles. The predicted octanol–water partition coefficient (Wildman–Crippen LogP) is 3.82. The lowest BCUT2D eigenvalue weighted by Crippen LogP contribution is -2.41. The number of piperidine rings is 1. The Hall–Kier alpha value is -0.410. The summed E-state index contributed by atoms with van der Waals surface area (Å²) >= 11 is 1.75. The molecule has 26 heavy (non-hydrogen) atoms. The molecule has 0 aromatic carbocycles. The van der Waals surface area contributed by atoms with Gasteiger partial charge in [0.25, 0.3) is 0 Å². The van der Waals surface area contributed by atoms with Gasteiger partial charge >= 0.3 is 0 Å². The molecule has 2 rings (SSSR count). The van der Waals surface area contributed by atoms with Crippen LogP contribution in [0.15, 0.2) is 10.4 Å². The first-order valence-electron chi connectivity index (χ1n) is 9.86. The summed E-state index contributed by atoms with van der Waals surface area (Å²) in [5, 5.41) is 10.2. The van der Waals surface area contributed by atoms with Crippen molar-refractivity contribution in [3.8, 4) is 0 Å². The maximum Gasteiger partial charge on any atom is 0.191 e. The number of rotatable bonds is 9. The lowest BCUT2D eigenvalue weighted by Gasteiger charge is -2.33. The Morgan fingerprint density at radius 1 is 1.35 bits per heavy atom. The van der Waals surface area contributed by atoms with Crippen LogP contribution in [0.1, 0.15) is 56.7 Å². The van der Waals surface area contributed by atoms with Crippen LogP contribution in [0, 0.1) is 6.92 Å². The van der Waals surface area contributed by atoms with Crippen molar-refractivity contribution in [2.24, 2.45) is 4.99 Å². The number of nitrogens with one attached hydrogen (secondary N) is 2. The average Bonchev–Trinajstić information content (AvgIpc) is 3.02. The molecular weight excluding hydrogens is 457 g/mol. The molecule has 1 unspecified atom stereocenters. The fraction of sp³-hybridized carbons (Fsp3) is 0.789. The highest BCUT2D eigenvalue weighted by molar-refractivity contribution is 14.0. The van der Waals surface area contributed by atoms with Crippen LogP contribution in [0.2, 0.25) is 0 Å². The van der Waals surface area contributed by atoms with Gasteiger partial charge in [0.15, 0.2) is 5.96 Å². The predicted molar refractivity (Wildman–Crippen MR) is 124 cm³/mol. The van der Waals surface area contributed by atoms with Gasteiger partial charge in [-0.1, -0.05) is 6.42 Å². The Kier molecular flexibility index (Phi) is 12.5. The number of hydrogen-bond acceptors (Lipinski definition) is 4. The second-order valence-corrected chi connectivity index (χ2v) is 7.85. The normalized spacial score (nSPS) is 18.4. The van der Waals surface area contributed by atoms with Crippen LogP contribution in [0.4, 0.5) is 0 Å². The van der Waals surface area contributed by atoms with E-state index in [-0.39, 0.29) is 24.0 Å². The van der Waals surface area contributed by atoms with Gasteiger partial charge in [-0.3, -0.25) is 4.99 Å². The summed E-state index contributed by atoms with van der Waals surface area (Å²) in [6, 6.07) is 0.755. The summed E-state index contributed by atoms with van der Waals surface area (Å²) in [5.41, 5.74) is 1.13. The first-order valence-corrected chi connectivity index (χ1v) is 10.7. The fourth-order valence-electron chi connectivity index (χ4n) is 3.26. The summed E-state index contributed by atoms with van der Waals surface area (Å²) < 4.78 is 0. The summed E-state index contributed by atoms with van der Waals surface area (Å²) in [7, 11) is 0. The number of nitrogens with zero attached hydrogens (tertiary/aromatic N) is 3. The molecule has 1 aromatic heterocycles. The van der Waals surface area contributed by atoms with Gasteiger partial charge in [0.2, 0.25) is 0 Å². The minimum absolute atomic E-state index is 0. The van der Waals surface area contributed by atoms with Gasteiger partial charge in [0, 0.05) is 49.7 Å². The van der Waals surface area contributed by atoms with E-state index in [9.17, 15) is 0 Å². The zero-order valence-electron chi connectivity index (χ0n) is 16.6. The van der Waals surface area contributed by atoms with Crippen LogP contribution in [0.25, 0.3) is 0 Å².